The number of hydrogen-bond acceptors (Lipinski definition) is 6. The van der Waals surface area contributed by atoms with Crippen molar-refractivity contribution in [3.8, 4) is 0 Å². The van der Waals surface area contributed by atoms with E-state index in [0.717, 1.165) is 0 Å². The second-order valence-electron chi connectivity index (χ2n) is 5.83. The van der Waals surface area contributed by atoms with Gasteiger partial charge in [0.1, 0.15) is 5.69 Å². The van der Waals surface area contributed by atoms with Gasteiger partial charge in [-0.15, -0.1) is 0 Å². The van der Waals surface area contributed by atoms with Gasteiger partial charge in [0.25, 0.3) is 5.91 Å². The Kier molecular flexibility index (Phi) is 6.19. The van der Waals surface area contributed by atoms with Crippen LogP contribution in [0.5, 0.6) is 0 Å². The lowest BCUT2D eigenvalue weighted by Crippen LogP contribution is -2.46. The van der Waals surface area contributed by atoms with Crippen LogP contribution in [0.3, 0.4) is 0 Å². The van der Waals surface area contributed by atoms with Gasteiger partial charge in [0.2, 0.25) is 0 Å². The zero-order valence-corrected chi connectivity index (χ0v) is 15.0. The minimum atomic E-state index is -0.912. The lowest BCUT2D eigenvalue weighted by atomic mass is 10.1. The number of rotatable bonds is 5. The summed E-state index contributed by atoms with van der Waals surface area (Å²) in [4.78, 5) is 41.2. The molecule has 0 saturated carbocycles. The van der Waals surface area contributed by atoms with E-state index in [4.69, 9.17) is 14.2 Å². The fourth-order valence-corrected chi connectivity index (χ4v) is 2.77. The average molecular weight is 352 g/mol. The minimum Gasteiger partial charge on any atom is -0.461 e. The molecule has 8 nitrogen and oxygen atoms in total. The summed E-state index contributed by atoms with van der Waals surface area (Å²) >= 11 is 0. The van der Waals surface area contributed by atoms with Crippen molar-refractivity contribution in [1.29, 1.82) is 0 Å². The van der Waals surface area contributed by atoms with Crippen LogP contribution in [0.4, 0.5) is 0 Å². The topological polar surface area (TPSA) is 97.9 Å². The molecule has 0 spiro atoms. The van der Waals surface area contributed by atoms with Crippen molar-refractivity contribution in [2.24, 2.45) is 0 Å². The van der Waals surface area contributed by atoms with E-state index in [1.54, 1.807) is 32.6 Å². The summed E-state index contributed by atoms with van der Waals surface area (Å²) in [6, 6.07) is 0. The number of morpholine rings is 1. The Balaban J connectivity index is 2.09. The molecule has 8 heteroatoms. The van der Waals surface area contributed by atoms with Crippen LogP contribution in [0.1, 0.15) is 46.0 Å². The molecule has 1 aromatic rings. The van der Waals surface area contributed by atoms with Crippen molar-refractivity contribution in [1.82, 2.24) is 9.88 Å². The zero-order chi connectivity index (χ0) is 18.6. The van der Waals surface area contributed by atoms with Gasteiger partial charge in [0.15, 0.2) is 6.10 Å². The molecular formula is C17H24N2O6. The van der Waals surface area contributed by atoms with Crippen LogP contribution < -0.4 is 0 Å². The predicted octanol–water partition coefficient (Wildman–Crippen LogP) is 1.21. The third-order valence-corrected chi connectivity index (χ3v) is 4.08. The van der Waals surface area contributed by atoms with E-state index in [1.807, 2.05) is 0 Å². The highest BCUT2D eigenvalue weighted by Crippen LogP contribution is 2.20. The number of carbonyl (C=O) groups is 3. The van der Waals surface area contributed by atoms with Crippen LogP contribution in [0.25, 0.3) is 0 Å². The Labute approximate surface area is 146 Å². The van der Waals surface area contributed by atoms with E-state index >= 15 is 0 Å². The number of ether oxygens (including phenoxy) is 3. The van der Waals surface area contributed by atoms with Crippen molar-refractivity contribution in [2.75, 3.05) is 32.9 Å². The van der Waals surface area contributed by atoms with Crippen LogP contribution >= 0.6 is 0 Å². The molecule has 1 aliphatic rings. The summed E-state index contributed by atoms with van der Waals surface area (Å²) in [6.45, 7) is 8.71. The number of aryl methyl sites for hydroxylation is 1. The van der Waals surface area contributed by atoms with Gasteiger partial charge in [-0.25, -0.2) is 9.59 Å². The van der Waals surface area contributed by atoms with Gasteiger partial charge in [0.05, 0.1) is 25.4 Å². The number of nitrogens with zero attached hydrogens (tertiary/aromatic N) is 1. The third-order valence-electron chi connectivity index (χ3n) is 4.08. The van der Waals surface area contributed by atoms with Crippen molar-refractivity contribution >= 4 is 17.8 Å². The summed E-state index contributed by atoms with van der Waals surface area (Å²) in [7, 11) is 0. The highest BCUT2D eigenvalue weighted by Gasteiger charge is 2.29. The number of esters is 2. The third kappa shape index (κ3) is 4.19. The van der Waals surface area contributed by atoms with Crippen molar-refractivity contribution < 1.29 is 28.6 Å². The molecule has 0 radical (unpaired) electrons. The first-order valence-corrected chi connectivity index (χ1v) is 8.30. The molecular weight excluding hydrogens is 328 g/mol. The summed E-state index contributed by atoms with van der Waals surface area (Å²) in [5.41, 5.74) is 1.42. The van der Waals surface area contributed by atoms with Gasteiger partial charge in [0, 0.05) is 18.8 Å². The standard InChI is InChI=1S/C17H24N2O6/c1-5-24-17(22)14-10(2)13(11(3)18-14)16(21)25-12(4)15(20)19-6-8-23-9-7-19/h12,18H,5-9H2,1-4H3/t12-/m0/s1. The number of amides is 1. The molecule has 1 N–H and O–H groups in total. The second-order valence-corrected chi connectivity index (χ2v) is 5.83. The summed E-state index contributed by atoms with van der Waals surface area (Å²) < 4.78 is 15.5. The maximum atomic E-state index is 12.5. The van der Waals surface area contributed by atoms with Gasteiger partial charge in [-0.2, -0.15) is 0 Å². The number of carbonyl (C=O) groups excluding carboxylic acids is 3. The van der Waals surface area contributed by atoms with Crippen LogP contribution in [0, 0.1) is 13.8 Å². The fourth-order valence-electron chi connectivity index (χ4n) is 2.77. The molecule has 0 aliphatic carbocycles. The minimum absolute atomic E-state index is 0.221. The first kappa shape index (κ1) is 19.0. The molecule has 2 heterocycles. The largest absolute Gasteiger partial charge is 0.461 e. The van der Waals surface area contributed by atoms with E-state index in [2.05, 4.69) is 4.98 Å². The maximum Gasteiger partial charge on any atom is 0.355 e. The summed E-state index contributed by atoms with van der Waals surface area (Å²) in [5, 5.41) is 0. The van der Waals surface area contributed by atoms with E-state index in [9.17, 15) is 14.4 Å². The monoisotopic (exact) mass is 352 g/mol. The van der Waals surface area contributed by atoms with Gasteiger partial charge in [-0.3, -0.25) is 4.79 Å². The van der Waals surface area contributed by atoms with E-state index in [1.165, 1.54) is 0 Å². The van der Waals surface area contributed by atoms with E-state index in [-0.39, 0.29) is 23.8 Å². The molecule has 1 saturated heterocycles. The Morgan fingerprint density at radius 1 is 1.20 bits per heavy atom. The van der Waals surface area contributed by atoms with Gasteiger partial charge in [-0.1, -0.05) is 0 Å². The Morgan fingerprint density at radius 2 is 1.84 bits per heavy atom. The first-order chi connectivity index (χ1) is 11.9. The van der Waals surface area contributed by atoms with Gasteiger partial charge >= 0.3 is 11.9 Å². The summed E-state index contributed by atoms with van der Waals surface area (Å²) in [5.74, 6) is -1.43. The first-order valence-electron chi connectivity index (χ1n) is 8.30. The van der Waals surface area contributed by atoms with Crippen LogP contribution in [0.15, 0.2) is 0 Å². The number of aromatic nitrogens is 1. The molecule has 138 valence electrons. The quantitative estimate of drug-likeness (QED) is 0.800. The van der Waals surface area contributed by atoms with E-state index < -0.39 is 18.0 Å². The number of aromatic amines is 1. The summed E-state index contributed by atoms with van der Waals surface area (Å²) in [6.07, 6.45) is -0.912. The molecule has 2 rings (SSSR count). The smallest absolute Gasteiger partial charge is 0.355 e. The Morgan fingerprint density at radius 3 is 2.44 bits per heavy atom. The molecule has 0 aromatic carbocycles. The van der Waals surface area contributed by atoms with Gasteiger partial charge < -0.3 is 24.1 Å². The van der Waals surface area contributed by atoms with Crippen molar-refractivity contribution in [3.05, 3.63) is 22.5 Å². The average Bonchev–Trinajstić information content (AvgIpc) is 2.89. The van der Waals surface area contributed by atoms with Crippen LogP contribution in [-0.4, -0.2) is 66.7 Å². The van der Waals surface area contributed by atoms with Crippen LogP contribution in [-0.2, 0) is 19.0 Å². The highest BCUT2D eigenvalue weighted by molar-refractivity contribution is 5.99. The fraction of sp³-hybridized carbons (Fsp3) is 0.588. The lowest BCUT2D eigenvalue weighted by Gasteiger charge is -2.29. The maximum absolute atomic E-state index is 12.5. The van der Waals surface area contributed by atoms with Gasteiger partial charge in [-0.05, 0) is 33.3 Å². The molecule has 0 unspecified atom stereocenters. The number of hydrogen-bond donors (Lipinski definition) is 1. The molecule has 1 atom stereocenters. The molecule has 25 heavy (non-hydrogen) atoms. The molecule has 0 bridgehead atoms. The Hall–Kier alpha value is -2.35. The predicted molar refractivity (Wildman–Crippen MR) is 88.5 cm³/mol. The highest BCUT2D eigenvalue weighted by atomic mass is 16.5. The second kappa shape index (κ2) is 8.15. The van der Waals surface area contributed by atoms with Crippen molar-refractivity contribution in [3.63, 3.8) is 0 Å². The lowest BCUT2D eigenvalue weighted by molar-refractivity contribution is -0.143. The molecule has 1 aromatic heterocycles. The zero-order valence-electron chi connectivity index (χ0n) is 15.0. The number of H-pyrrole nitrogens is 1. The number of nitrogens with one attached hydrogen (secondary N) is 1. The van der Waals surface area contributed by atoms with Crippen molar-refractivity contribution in [2.45, 2.75) is 33.8 Å². The molecule has 1 aliphatic heterocycles. The van der Waals surface area contributed by atoms with Crippen LogP contribution in [0.2, 0.25) is 0 Å². The Bertz CT molecular complexity index is 660. The SMILES string of the molecule is CCOC(=O)c1[nH]c(C)c(C(=O)O[C@@H](C)C(=O)N2CCOCC2)c1C. The molecule has 1 amide bonds. The normalized spacial score (nSPS) is 15.6. The molecule has 1 fully saturated rings. The van der Waals surface area contributed by atoms with E-state index in [0.29, 0.717) is 37.6 Å².